The fraction of sp³-hybridized carbons (Fsp3) is 0.200. The van der Waals surface area contributed by atoms with Gasteiger partial charge in [-0.25, -0.2) is 9.97 Å². The minimum absolute atomic E-state index is 0.690. The summed E-state index contributed by atoms with van der Waals surface area (Å²) in [4.78, 5) is 9.78. The van der Waals surface area contributed by atoms with Crippen LogP contribution in [0.15, 0.2) is 36.9 Å². The minimum atomic E-state index is 0.690. The Bertz CT molecular complexity index is 749. The van der Waals surface area contributed by atoms with Crippen LogP contribution in [0.4, 0.5) is 5.69 Å². The lowest BCUT2D eigenvalue weighted by molar-refractivity contribution is 1.04. The molecule has 1 N–H and O–H groups in total. The van der Waals surface area contributed by atoms with Crippen molar-refractivity contribution in [3.8, 4) is 5.69 Å². The van der Waals surface area contributed by atoms with Gasteiger partial charge >= 0.3 is 0 Å². The molecule has 3 rings (SSSR count). The van der Waals surface area contributed by atoms with Gasteiger partial charge in [-0.05, 0) is 26.0 Å². The molecule has 6 heteroatoms. The van der Waals surface area contributed by atoms with E-state index in [1.165, 1.54) is 4.88 Å². The summed E-state index contributed by atoms with van der Waals surface area (Å²) < 4.78 is 1.91. The molecule has 0 aliphatic rings. The zero-order valence-corrected chi connectivity index (χ0v) is 13.4. The molecule has 21 heavy (non-hydrogen) atoms. The first-order chi connectivity index (χ1) is 10.1. The van der Waals surface area contributed by atoms with Crippen LogP contribution in [0, 0.1) is 13.8 Å². The normalized spacial score (nSPS) is 10.8. The molecule has 0 aliphatic heterocycles. The van der Waals surface area contributed by atoms with E-state index >= 15 is 0 Å². The van der Waals surface area contributed by atoms with Crippen molar-refractivity contribution < 1.29 is 0 Å². The molecule has 0 radical (unpaired) electrons. The van der Waals surface area contributed by atoms with E-state index in [1.54, 1.807) is 23.9 Å². The number of anilines is 1. The standard InChI is InChI=1S/C15H15ClN4S/c1-10-14(21-11(2)19-10)8-18-13-5-3-4-12(16)15(13)20-7-6-17-9-20/h3-7,9,18H,8H2,1-2H3. The van der Waals surface area contributed by atoms with Crippen molar-refractivity contribution in [3.05, 3.63) is 57.5 Å². The van der Waals surface area contributed by atoms with Gasteiger partial charge in [0.1, 0.15) is 0 Å². The summed E-state index contributed by atoms with van der Waals surface area (Å²) in [5, 5.41) is 5.23. The quantitative estimate of drug-likeness (QED) is 0.783. The number of nitrogens with one attached hydrogen (secondary N) is 1. The summed E-state index contributed by atoms with van der Waals surface area (Å²) in [6, 6.07) is 5.84. The fourth-order valence-electron chi connectivity index (χ4n) is 2.22. The molecule has 4 nitrogen and oxygen atoms in total. The summed E-state index contributed by atoms with van der Waals surface area (Å²) in [6.45, 7) is 4.80. The van der Waals surface area contributed by atoms with Gasteiger partial charge in [0.15, 0.2) is 0 Å². The molecule has 0 aliphatic carbocycles. The lowest BCUT2D eigenvalue weighted by Gasteiger charge is -2.13. The van der Waals surface area contributed by atoms with Crippen molar-refractivity contribution in [2.45, 2.75) is 20.4 Å². The van der Waals surface area contributed by atoms with Gasteiger partial charge in [0.25, 0.3) is 0 Å². The first-order valence-corrected chi connectivity index (χ1v) is 7.78. The largest absolute Gasteiger partial charge is 0.378 e. The maximum atomic E-state index is 6.34. The Morgan fingerprint density at radius 1 is 1.33 bits per heavy atom. The molecule has 2 heterocycles. The highest BCUT2D eigenvalue weighted by Crippen LogP contribution is 2.29. The van der Waals surface area contributed by atoms with E-state index in [9.17, 15) is 0 Å². The molecule has 0 saturated heterocycles. The van der Waals surface area contributed by atoms with E-state index in [4.69, 9.17) is 11.6 Å². The Kier molecular flexibility index (Phi) is 3.94. The van der Waals surface area contributed by atoms with Crippen LogP contribution < -0.4 is 5.32 Å². The number of para-hydroxylation sites is 1. The van der Waals surface area contributed by atoms with Crippen LogP contribution in [0.3, 0.4) is 0 Å². The van der Waals surface area contributed by atoms with Crippen LogP contribution in [0.1, 0.15) is 15.6 Å². The van der Waals surface area contributed by atoms with Crippen molar-refractivity contribution in [3.63, 3.8) is 0 Å². The van der Waals surface area contributed by atoms with E-state index in [0.29, 0.717) is 5.02 Å². The topological polar surface area (TPSA) is 42.7 Å². The zero-order valence-electron chi connectivity index (χ0n) is 11.8. The molecule has 1 aromatic carbocycles. The van der Waals surface area contributed by atoms with Gasteiger partial charge in [0.05, 0.1) is 40.0 Å². The average molecular weight is 319 g/mol. The number of benzene rings is 1. The van der Waals surface area contributed by atoms with Gasteiger partial charge in [-0.3, -0.25) is 0 Å². The monoisotopic (exact) mass is 318 g/mol. The van der Waals surface area contributed by atoms with Crippen LogP contribution in [-0.4, -0.2) is 14.5 Å². The number of nitrogens with zero attached hydrogens (tertiary/aromatic N) is 3. The van der Waals surface area contributed by atoms with Gasteiger partial charge in [-0.1, -0.05) is 17.7 Å². The predicted octanol–water partition coefficient (Wildman–Crippen LogP) is 4.21. The molecule has 0 bridgehead atoms. The Morgan fingerprint density at radius 2 is 2.19 bits per heavy atom. The van der Waals surface area contributed by atoms with Gasteiger partial charge in [0, 0.05) is 17.3 Å². The van der Waals surface area contributed by atoms with Gasteiger partial charge in [-0.15, -0.1) is 11.3 Å². The van der Waals surface area contributed by atoms with Gasteiger partial charge in [-0.2, -0.15) is 0 Å². The summed E-state index contributed by atoms with van der Waals surface area (Å²) in [7, 11) is 0. The number of imidazole rings is 1. The van der Waals surface area contributed by atoms with E-state index in [-0.39, 0.29) is 0 Å². The maximum Gasteiger partial charge on any atom is 0.0992 e. The summed E-state index contributed by atoms with van der Waals surface area (Å²) >= 11 is 8.06. The third-order valence-corrected chi connectivity index (χ3v) is 4.57. The van der Waals surface area contributed by atoms with Crippen molar-refractivity contribution in [1.29, 1.82) is 0 Å². The van der Waals surface area contributed by atoms with Crippen molar-refractivity contribution >= 4 is 28.6 Å². The molecule has 0 spiro atoms. The summed E-state index contributed by atoms with van der Waals surface area (Å²) in [5.74, 6) is 0. The number of hydrogen-bond donors (Lipinski definition) is 1. The van der Waals surface area contributed by atoms with Gasteiger partial charge in [0.2, 0.25) is 0 Å². The number of rotatable bonds is 4. The van der Waals surface area contributed by atoms with E-state index in [1.807, 2.05) is 42.8 Å². The molecule has 0 saturated carbocycles. The Hall–Kier alpha value is -1.85. The number of halogens is 1. The first-order valence-electron chi connectivity index (χ1n) is 6.59. The molecule has 0 fully saturated rings. The van der Waals surface area contributed by atoms with Crippen LogP contribution in [0.2, 0.25) is 5.02 Å². The van der Waals surface area contributed by atoms with Crippen LogP contribution in [0.25, 0.3) is 5.69 Å². The third-order valence-electron chi connectivity index (χ3n) is 3.19. The number of aromatic nitrogens is 3. The van der Waals surface area contributed by atoms with Crippen LogP contribution in [0.5, 0.6) is 0 Å². The molecular formula is C15H15ClN4S. The molecule has 2 aromatic heterocycles. The van der Waals surface area contributed by atoms with Crippen LogP contribution in [-0.2, 0) is 6.54 Å². The van der Waals surface area contributed by atoms with Crippen molar-refractivity contribution in [2.75, 3.05) is 5.32 Å². The third kappa shape index (κ3) is 2.94. The first kappa shape index (κ1) is 14.1. The second-order valence-corrected chi connectivity index (χ2v) is 6.40. The predicted molar refractivity (Wildman–Crippen MR) is 87.5 cm³/mol. The average Bonchev–Trinajstić information content (AvgIpc) is 3.06. The second kappa shape index (κ2) is 5.87. The Morgan fingerprint density at radius 3 is 2.86 bits per heavy atom. The van der Waals surface area contributed by atoms with Gasteiger partial charge < -0.3 is 9.88 Å². The Labute approximate surface area is 132 Å². The number of hydrogen-bond acceptors (Lipinski definition) is 4. The lowest BCUT2D eigenvalue weighted by Crippen LogP contribution is -2.04. The molecule has 0 atom stereocenters. The maximum absolute atomic E-state index is 6.34. The highest BCUT2D eigenvalue weighted by molar-refractivity contribution is 7.11. The minimum Gasteiger partial charge on any atom is -0.378 e. The number of thiazole rings is 1. The fourth-order valence-corrected chi connectivity index (χ4v) is 3.37. The summed E-state index contributed by atoms with van der Waals surface area (Å²) in [6.07, 6.45) is 5.37. The molecule has 0 amide bonds. The molecule has 3 aromatic rings. The second-order valence-electron chi connectivity index (χ2n) is 4.70. The molecule has 108 valence electrons. The van der Waals surface area contributed by atoms with Crippen molar-refractivity contribution in [2.24, 2.45) is 0 Å². The van der Waals surface area contributed by atoms with E-state index in [0.717, 1.165) is 28.6 Å². The highest BCUT2D eigenvalue weighted by Gasteiger charge is 2.10. The summed E-state index contributed by atoms with van der Waals surface area (Å²) in [5.41, 5.74) is 2.97. The molecule has 0 unspecified atom stereocenters. The SMILES string of the molecule is Cc1nc(C)c(CNc2cccc(Cl)c2-n2ccnc2)s1. The van der Waals surface area contributed by atoms with Crippen LogP contribution >= 0.6 is 22.9 Å². The smallest absolute Gasteiger partial charge is 0.0992 e. The van der Waals surface area contributed by atoms with Crippen molar-refractivity contribution in [1.82, 2.24) is 14.5 Å². The number of aryl methyl sites for hydroxylation is 2. The van der Waals surface area contributed by atoms with E-state index in [2.05, 4.69) is 15.3 Å². The Balaban J connectivity index is 1.89. The highest BCUT2D eigenvalue weighted by atomic mass is 35.5. The molecular weight excluding hydrogens is 304 g/mol. The lowest BCUT2D eigenvalue weighted by atomic mass is 10.2. The van der Waals surface area contributed by atoms with E-state index < -0.39 is 0 Å². The zero-order chi connectivity index (χ0) is 14.8.